The van der Waals surface area contributed by atoms with E-state index in [0.29, 0.717) is 0 Å². The molecular formula is C17H26N2O4. The molecule has 0 radical (unpaired) electrons. The van der Waals surface area contributed by atoms with E-state index in [1.165, 1.54) is 0 Å². The summed E-state index contributed by atoms with van der Waals surface area (Å²) in [5, 5.41) is 2.54. The van der Waals surface area contributed by atoms with Crippen LogP contribution >= 0.6 is 0 Å². The maximum absolute atomic E-state index is 12.0. The van der Waals surface area contributed by atoms with E-state index in [9.17, 15) is 9.59 Å². The molecule has 0 saturated carbocycles. The summed E-state index contributed by atoms with van der Waals surface area (Å²) in [5.74, 6) is -0.307. The van der Waals surface area contributed by atoms with Crippen LogP contribution in [0.1, 0.15) is 33.3 Å². The van der Waals surface area contributed by atoms with E-state index in [-0.39, 0.29) is 18.9 Å². The largest absolute Gasteiger partial charge is 0.445 e. The number of amides is 1. The zero-order valence-corrected chi connectivity index (χ0v) is 14.2. The van der Waals surface area contributed by atoms with Crippen molar-refractivity contribution in [2.45, 2.75) is 52.0 Å². The van der Waals surface area contributed by atoms with Gasteiger partial charge in [-0.2, -0.15) is 0 Å². The van der Waals surface area contributed by atoms with Crippen LogP contribution < -0.4 is 11.1 Å². The zero-order chi connectivity index (χ0) is 17.5. The van der Waals surface area contributed by atoms with Crippen molar-refractivity contribution in [2.75, 3.05) is 6.54 Å². The average molecular weight is 322 g/mol. The highest BCUT2D eigenvalue weighted by molar-refractivity contribution is 5.89. The van der Waals surface area contributed by atoms with Gasteiger partial charge in [-0.15, -0.1) is 0 Å². The average Bonchev–Trinajstić information content (AvgIpc) is 2.49. The first-order chi connectivity index (χ1) is 10.7. The first-order valence-electron chi connectivity index (χ1n) is 7.60. The van der Waals surface area contributed by atoms with E-state index in [1.807, 2.05) is 51.1 Å². The standard InChI is InChI=1S/C17H26N2O4/c1-12(23-17(2,3)4)15(14(20)10-18)19-16(21)22-11-13-8-6-5-7-9-13/h5-9,12,15H,10-11,18H2,1-4H3,(H,19,21)/t12?,15-/m0/s1. The van der Waals surface area contributed by atoms with Gasteiger partial charge in [0.2, 0.25) is 0 Å². The first-order valence-corrected chi connectivity index (χ1v) is 7.60. The number of alkyl carbamates (subject to hydrolysis) is 1. The molecule has 6 heteroatoms. The molecule has 1 aromatic rings. The number of Topliss-reactive ketones (excluding diaryl/α,β-unsaturated/α-hetero) is 1. The Bertz CT molecular complexity index is 511. The van der Waals surface area contributed by atoms with Crippen molar-refractivity contribution >= 4 is 11.9 Å². The Hall–Kier alpha value is -1.92. The van der Waals surface area contributed by atoms with Crippen LogP contribution in [0.4, 0.5) is 4.79 Å². The lowest BCUT2D eigenvalue weighted by Crippen LogP contribution is -2.52. The number of hydrogen-bond donors (Lipinski definition) is 2. The molecule has 0 aliphatic carbocycles. The fourth-order valence-electron chi connectivity index (χ4n) is 2.10. The minimum absolute atomic E-state index is 0.130. The Morgan fingerprint density at radius 3 is 2.35 bits per heavy atom. The molecule has 1 aromatic carbocycles. The number of nitrogens with one attached hydrogen (secondary N) is 1. The summed E-state index contributed by atoms with van der Waals surface area (Å²) in [4.78, 5) is 23.9. The van der Waals surface area contributed by atoms with Crippen molar-refractivity contribution < 1.29 is 19.1 Å². The smallest absolute Gasteiger partial charge is 0.408 e. The molecule has 0 heterocycles. The molecule has 0 fully saturated rings. The molecule has 2 atom stereocenters. The lowest BCUT2D eigenvalue weighted by molar-refractivity contribution is -0.127. The SMILES string of the molecule is CC(OC(C)(C)C)[C@H](NC(=O)OCc1ccccc1)C(=O)CN. The number of benzene rings is 1. The predicted octanol–water partition coefficient (Wildman–Crippen LogP) is 2.01. The Morgan fingerprint density at radius 2 is 1.83 bits per heavy atom. The van der Waals surface area contributed by atoms with E-state index >= 15 is 0 Å². The van der Waals surface area contributed by atoms with Crippen molar-refractivity contribution in [3.05, 3.63) is 35.9 Å². The molecule has 0 aromatic heterocycles. The highest BCUT2D eigenvalue weighted by Crippen LogP contribution is 2.14. The molecule has 23 heavy (non-hydrogen) atoms. The zero-order valence-electron chi connectivity index (χ0n) is 14.2. The summed E-state index contributed by atoms with van der Waals surface area (Å²) in [6.45, 7) is 7.30. The Balaban J connectivity index is 2.62. The van der Waals surface area contributed by atoms with Gasteiger partial charge in [-0.25, -0.2) is 4.79 Å². The molecule has 0 aliphatic rings. The third-order valence-corrected chi connectivity index (χ3v) is 3.04. The van der Waals surface area contributed by atoms with Gasteiger partial charge in [-0.3, -0.25) is 4.79 Å². The third-order valence-electron chi connectivity index (χ3n) is 3.04. The van der Waals surface area contributed by atoms with Crippen molar-refractivity contribution in [3.8, 4) is 0 Å². The first kappa shape index (κ1) is 19.1. The van der Waals surface area contributed by atoms with Crippen molar-refractivity contribution in [1.29, 1.82) is 0 Å². The number of ether oxygens (including phenoxy) is 2. The third kappa shape index (κ3) is 7.25. The lowest BCUT2D eigenvalue weighted by Gasteiger charge is -2.30. The van der Waals surface area contributed by atoms with Crippen LogP contribution in [-0.4, -0.2) is 36.2 Å². The number of carbonyl (C=O) groups is 2. The number of nitrogens with two attached hydrogens (primary N) is 1. The molecule has 1 rings (SSSR count). The molecule has 1 unspecified atom stereocenters. The van der Waals surface area contributed by atoms with Crippen molar-refractivity contribution in [3.63, 3.8) is 0 Å². The highest BCUT2D eigenvalue weighted by Gasteiger charge is 2.30. The van der Waals surface area contributed by atoms with Crippen LogP contribution in [0.25, 0.3) is 0 Å². The van der Waals surface area contributed by atoms with Gasteiger partial charge in [0.1, 0.15) is 12.6 Å². The summed E-state index contributed by atoms with van der Waals surface area (Å²) < 4.78 is 10.9. The quantitative estimate of drug-likeness (QED) is 0.801. The summed E-state index contributed by atoms with van der Waals surface area (Å²) in [6, 6.07) is 8.45. The van der Waals surface area contributed by atoms with E-state index in [0.717, 1.165) is 5.56 Å². The predicted molar refractivity (Wildman–Crippen MR) is 87.9 cm³/mol. The minimum atomic E-state index is -0.845. The summed E-state index contributed by atoms with van der Waals surface area (Å²) in [6.07, 6.45) is -1.19. The molecular weight excluding hydrogens is 296 g/mol. The van der Waals surface area contributed by atoms with Gasteiger partial charge >= 0.3 is 6.09 Å². The van der Waals surface area contributed by atoms with Gasteiger partial charge in [0.15, 0.2) is 5.78 Å². The van der Waals surface area contributed by atoms with Gasteiger partial charge in [0.05, 0.1) is 18.2 Å². The molecule has 0 bridgehead atoms. The molecule has 0 saturated heterocycles. The highest BCUT2D eigenvalue weighted by atomic mass is 16.5. The number of carbonyl (C=O) groups excluding carboxylic acids is 2. The normalized spacial score (nSPS) is 14.0. The summed E-state index contributed by atoms with van der Waals surface area (Å²) >= 11 is 0. The topological polar surface area (TPSA) is 90.6 Å². The maximum atomic E-state index is 12.0. The monoisotopic (exact) mass is 322 g/mol. The molecule has 128 valence electrons. The molecule has 0 aliphatic heterocycles. The fraction of sp³-hybridized carbons (Fsp3) is 0.529. The summed E-state index contributed by atoms with van der Waals surface area (Å²) in [5.41, 5.74) is 5.84. The number of hydrogen-bond acceptors (Lipinski definition) is 5. The van der Waals surface area contributed by atoms with Crippen LogP contribution in [0, 0.1) is 0 Å². The van der Waals surface area contributed by atoms with E-state index in [2.05, 4.69) is 5.32 Å². The van der Waals surface area contributed by atoms with Gasteiger partial charge in [-0.1, -0.05) is 30.3 Å². The lowest BCUT2D eigenvalue weighted by atomic mass is 10.1. The van der Waals surface area contributed by atoms with E-state index < -0.39 is 23.8 Å². The Morgan fingerprint density at radius 1 is 1.22 bits per heavy atom. The second-order valence-corrected chi connectivity index (χ2v) is 6.29. The Labute approximate surface area is 137 Å². The molecule has 0 spiro atoms. The van der Waals surface area contributed by atoms with Crippen LogP contribution in [0.15, 0.2) is 30.3 Å². The summed E-state index contributed by atoms with van der Waals surface area (Å²) in [7, 11) is 0. The van der Waals surface area contributed by atoms with Crippen LogP contribution in [0.3, 0.4) is 0 Å². The molecule has 6 nitrogen and oxygen atoms in total. The molecule has 3 N–H and O–H groups in total. The molecule has 1 amide bonds. The number of rotatable bonds is 7. The Kier molecular flexibility index (Phi) is 7.19. The van der Waals surface area contributed by atoms with Crippen molar-refractivity contribution in [2.24, 2.45) is 5.73 Å². The minimum Gasteiger partial charge on any atom is -0.445 e. The fourth-order valence-corrected chi connectivity index (χ4v) is 2.10. The second-order valence-electron chi connectivity index (χ2n) is 6.29. The second kappa shape index (κ2) is 8.64. The van der Waals surface area contributed by atoms with E-state index in [4.69, 9.17) is 15.2 Å². The van der Waals surface area contributed by atoms with Gasteiger partial charge < -0.3 is 20.5 Å². The maximum Gasteiger partial charge on any atom is 0.408 e. The van der Waals surface area contributed by atoms with Crippen LogP contribution in [-0.2, 0) is 20.9 Å². The number of ketones is 1. The van der Waals surface area contributed by atoms with E-state index in [1.54, 1.807) is 6.92 Å². The van der Waals surface area contributed by atoms with Crippen molar-refractivity contribution in [1.82, 2.24) is 5.32 Å². The van der Waals surface area contributed by atoms with Crippen LogP contribution in [0.5, 0.6) is 0 Å². The van der Waals surface area contributed by atoms with Gasteiger partial charge in [0, 0.05) is 0 Å². The van der Waals surface area contributed by atoms with Crippen LogP contribution in [0.2, 0.25) is 0 Å². The van der Waals surface area contributed by atoms with Gasteiger partial charge in [-0.05, 0) is 33.3 Å². The van der Waals surface area contributed by atoms with Gasteiger partial charge in [0.25, 0.3) is 0 Å².